The number of hydrogen-bond donors (Lipinski definition) is 2. The first kappa shape index (κ1) is 14.5. The molecule has 2 N–H and O–H groups in total. The molecule has 1 fully saturated rings. The fourth-order valence-corrected chi connectivity index (χ4v) is 3.64. The van der Waals surface area contributed by atoms with Crippen molar-refractivity contribution in [3.63, 3.8) is 0 Å². The summed E-state index contributed by atoms with van der Waals surface area (Å²) < 4.78 is 0. The van der Waals surface area contributed by atoms with Crippen LogP contribution in [0.25, 0.3) is 11.4 Å². The van der Waals surface area contributed by atoms with Gasteiger partial charge in [-0.15, -0.1) is 5.10 Å². The molecule has 3 heterocycles. The molecule has 2 aromatic rings. The molecule has 21 heavy (non-hydrogen) atoms. The Kier molecular flexibility index (Phi) is 4.55. The van der Waals surface area contributed by atoms with Crippen LogP contribution in [-0.2, 0) is 0 Å². The van der Waals surface area contributed by atoms with Gasteiger partial charge in [0.2, 0.25) is 5.95 Å². The zero-order valence-corrected chi connectivity index (χ0v) is 13.5. The number of nitrogens with one attached hydrogen (secondary N) is 2. The number of aryl methyl sites for hydroxylation is 1. The number of aromatic amines is 1. The lowest BCUT2D eigenvalue weighted by Crippen LogP contribution is -2.37. The van der Waals surface area contributed by atoms with Gasteiger partial charge in [-0.25, -0.2) is 0 Å². The number of thiophene rings is 1. The molecular formula is C15H23N5S. The van der Waals surface area contributed by atoms with E-state index in [0.717, 1.165) is 43.9 Å². The Morgan fingerprint density at radius 2 is 2.19 bits per heavy atom. The van der Waals surface area contributed by atoms with Gasteiger partial charge in [0, 0.05) is 24.0 Å². The molecule has 0 amide bonds. The minimum Gasteiger partial charge on any atom is -0.340 e. The summed E-state index contributed by atoms with van der Waals surface area (Å²) in [5.41, 5.74) is 2.42. The van der Waals surface area contributed by atoms with E-state index in [1.165, 1.54) is 24.0 Å². The van der Waals surface area contributed by atoms with E-state index in [9.17, 15) is 0 Å². The predicted octanol–water partition coefficient (Wildman–Crippen LogP) is 2.67. The van der Waals surface area contributed by atoms with Gasteiger partial charge in [0.05, 0.1) is 0 Å². The van der Waals surface area contributed by atoms with E-state index in [4.69, 9.17) is 0 Å². The lowest BCUT2D eigenvalue weighted by Gasteiger charge is -2.31. The zero-order valence-electron chi connectivity index (χ0n) is 12.7. The number of piperidine rings is 1. The molecule has 2 aromatic heterocycles. The molecule has 1 saturated heterocycles. The maximum absolute atomic E-state index is 4.67. The molecule has 0 atom stereocenters. The maximum atomic E-state index is 4.67. The van der Waals surface area contributed by atoms with Crippen molar-refractivity contribution in [1.82, 2.24) is 20.5 Å². The summed E-state index contributed by atoms with van der Waals surface area (Å²) in [6.45, 7) is 8.57. The molecule has 0 aliphatic carbocycles. The summed E-state index contributed by atoms with van der Waals surface area (Å²) in [4.78, 5) is 6.97. The van der Waals surface area contributed by atoms with Crippen molar-refractivity contribution in [1.29, 1.82) is 0 Å². The van der Waals surface area contributed by atoms with Crippen LogP contribution in [-0.4, -0.2) is 41.4 Å². The summed E-state index contributed by atoms with van der Waals surface area (Å²) in [6, 6.07) is 0. The van der Waals surface area contributed by atoms with Gasteiger partial charge in [-0.2, -0.15) is 16.3 Å². The van der Waals surface area contributed by atoms with E-state index in [1.54, 1.807) is 11.3 Å². The van der Waals surface area contributed by atoms with Crippen molar-refractivity contribution in [2.75, 3.05) is 31.1 Å². The summed E-state index contributed by atoms with van der Waals surface area (Å²) in [5.74, 6) is 2.52. The molecule has 1 aliphatic rings. The van der Waals surface area contributed by atoms with Crippen LogP contribution in [0, 0.1) is 12.8 Å². The summed E-state index contributed by atoms with van der Waals surface area (Å²) in [7, 11) is 0. The highest BCUT2D eigenvalue weighted by Crippen LogP contribution is 2.26. The number of rotatable bonds is 5. The van der Waals surface area contributed by atoms with Crippen molar-refractivity contribution in [3.8, 4) is 11.4 Å². The highest BCUT2D eigenvalue weighted by Gasteiger charge is 2.22. The monoisotopic (exact) mass is 305 g/mol. The van der Waals surface area contributed by atoms with Crippen molar-refractivity contribution in [2.24, 2.45) is 5.92 Å². The molecule has 3 rings (SSSR count). The van der Waals surface area contributed by atoms with E-state index in [2.05, 4.69) is 50.0 Å². The summed E-state index contributed by atoms with van der Waals surface area (Å²) in [6.07, 6.45) is 2.43. The standard InChI is InChI=1S/C15H23N5S/c1-3-16-8-12-4-6-20(7-5-12)15-17-14(18-19-15)13-10-21-9-11(13)2/h9-10,12,16H,3-8H2,1-2H3,(H,17,18,19). The summed E-state index contributed by atoms with van der Waals surface area (Å²) >= 11 is 1.71. The third kappa shape index (κ3) is 3.27. The first-order chi connectivity index (χ1) is 10.3. The second kappa shape index (κ2) is 6.58. The molecule has 114 valence electrons. The third-order valence-electron chi connectivity index (χ3n) is 4.16. The molecule has 5 nitrogen and oxygen atoms in total. The van der Waals surface area contributed by atoms with Crippen LogP contribution in [0.4, 0.5) is 5.95 Å². The van der Waals surface area contributed by atoms with Gasteiger partial charge >= 0.3 is 0 Å². The van der Waals surface area contributed by atoms with Crippen LogP contribution in [0.15, 0.2) is 10.8 Å². The Balaban J connectivity index is 1.62. The zero-order chi connectivity index (χ0) is 14.7. The topological polar surface area (TPSA) is 56.8 Å². The molecule has 6 heteroatoms. The number of nitrogens with zero attached hydrogens (tertiary/aromatic N) is 3. The van der Waals surface area contributed by atoms with Gasteiger partial charge in [0.1, 0.15) is 0 Å². The van der Waals surface area contributed by atoms with Gasteiger partial charge in [-0.1, -0.05) is 6.92 Å². The number of aromatic nitrogens is 3. The van der Waals surface area contributed by atoms with Crippen LogP contribution in [0.5, 0.6) is 0 Å². The minimum atomic E-state index is 0.790. The van der Waals surface area contributed by atoms with E-state index in [-0.39, 0.29) is 0 Å². The predicted molar refractivity (Wildman–Crippen MR) is 87.9 cm³/mol. The minimum absolute atomic E-state index is 0.790. The molecule has 0 radical (unpaired) electrons. The quantitative estimate of drug-likeness (QED) is 0.892. The third-order valence-corrected chi connectivity index (χ3v) is 5.03. The molecule has 0 unspecified atom stereocenters. The summed E-state index contributed by atoms with van der Waals surface area (Å²) in [5, 5.41) is 15.2. The first-order valence-corrected chi connectivity index (χ1v) is 8.63. The van der Waals surface area contributed by atoms with Crippen molar-refractivity contribution >= 4 is 17.3 Å². The largest absolute Gasteiger partial charge is 0.340 e. The fourth-order valence-electron chi connectivity index (χ4n) is 2.80. The Morgan fingerprint density at radius 1 is 1.38 bits per heavy atom. The van der Waals surface area contributed by atoms with Crippen LogP contribution >= 0.6 is 11.3 Å². The average Bonchev–Trinajstić information content (AvgIpc) is 3.14. The SMILES string of the molecule is CCNCC1CCN(c2n[nH]c(-c3cscc3C)n2)CC1. The molecule has 0 spiro atoms. The highest BCUT2D eigenvalue weighted by molar-refractivity contribution is 7.08. The normalized spacial score (nSPS) is 16.6. The van der Waals surface area contributed by atoms with E-state index in [0.29, 0.717) is 0 Å². The van der Waals surface area contributed by atoms with E-state index in [1.807, 2.05) is 0 Å². The van der Waals surface area contributed by atoms with Crippen molar-refractivity contribution in [2.45, 2.75) is 26.7 Å². The maximum Gasteiger partial charge on any atom is 0.245 e. The van der Waals surface area contributed by atoms with Crippen molar-refractivity contribution in [3.05, 3.63) is 16.3 Å². The second-order valence-corrected chi connectivity index (χ2v) is 6.43. The van der Waals surface area contributed by atoms with Gasteiger partial charge in [-0.3, -0.25) is 5.10 Å². The Labute approximate surface area is 129 Å². The van der Waals surface area contributed by atoms with Crippen LogP contribution in [0.2, 0.25) is 0 Å². The highest BCUT2D eigenvalue weighted by atomic mass is 32.1. The lowest BCUT2D eigenvalue weighted by molar-refractivity contribution is 0.384. The van der Waals surface area contributed by atoms with Gasteiger partial charge < -0.3 is 10.2 Å². The number of anilines is 1. The Morgan fingerprint density at radius 3 is 2.86 bits per heavy atom. The fraction of sp³-hybridized carbons (Fsp3) is 0.600. The Bertz CT molecular complexity index is 568. The number of H-pyrrole nitrogens is 1. The molecule has 0 aromatic carbocycles. The smallest absolute Gasteiger partial charge is 0.245 e. The van der Waals surface area contributed by atoms with Crippen molar-refractivity contribution < 1.29 is 0 Å². The number of hydrogen-bond acceptors (Lipinski definition) is 5. The van der Waals surface area contributed by atoms with Crippen LogP contribution in [0.3, 0.4) is 0 Å². The molecule has 0 bridgehead atoms. The molecule has 1 aliphatic heterocycles. The second-order valence-electron chi connectivity index (χ2n) is 5.69. The van der Waals surface area contributed by atoms with Gasteiger partial charge in [-0.05, 0) is 49.7 Å². The Hall–Kier alpha value is -1.40. The van der Waals surface area contributed by atoms with Crippen LogP contribution < -0.4 is 10.2 Å². The van der Waals surface area contributed by atoms with Crippen LogP contribution in [0.1, 0.15) is 25.3 Å². The lowest BCUT2D eigenvalue weighted by atomic mass is 9.97. The molecule has 0 saturated carbocycles. The average molecular weight is 305 g/mol. The first-order valence-electron chi connectivity index (χ1n) is 7.69. The van der Waals surface area contributed by atoms with E-state index < -0.39 is 0 Å². The van der Waals surface area contributed by atoms with Gasteiger partial charge in [0.15, 0.2) is 5.82 Å². The van der Waals surface area contributed by atoms with Gasteiger partial charge in [0.25, 0.3) is 0 Å². The van der Waals surface area contributed by atoms with E-state index >= 15 is 0 Å². The molecular weight excluding hydrogens is 282 g/mol.